The molecule has 0 aliphatic heterocycles. The Balaban J connectivity index is 2.08. The quantitative estimate of drug-likeness (QED) is 0.765. The van der Waals surface area contributed by atoms with Crippen molar-refractivity contribution in [2.24, 2.45) is 0 Å². The fourth-order valence-electron chi connectivity index (χ4n) is 2.28. The number of benzene rings is 1. The van der Waals surface area contributed by atoms with E-state index in [-0.39, 0.29) is 5.91 Å². The molecule has 0 spiro atoms. The van der Waals surface area contributed by atoms with E-state index in [4.69, 9.17) is 0 Å². The number of rotatable bonds is 6. The van der Waals surface area contributed by atoms with Crippen molar-refractivity contribution in [3.05, 3.63) is 66.3 Å². The van der Waals surface area contributed by atoms with Crippen molar-refractivity contribution >= 4 is 5.91 Å². The molecule has 0 aliphatic carbocycles. The third kappa shape index (κ3) is 4.05. The normalized spacial score (nSPS) is 10.4. The molecule has 0 radical (unpaired) electrons. The smallest absolute Gasteiger partial charge is 0.246 e. The standard InChI is InChI=1S/C17H21N3O/c1-4-17(21)20(10-9-19-8-7-18-13-19)12-16-6-5-14(2)11-15(16)3/h4-8,11,13H,1,9-10,12H2,2-3H3. The average Bonchev–Trinajstić information content (AvgIpc) is 2.98. The highest BCUT2D eigenvalue weighted by atomic mass is 16.2. The van der Waals surface area contributed by atoms with E-state index in [0.717, 1.165) is 6.54 Å². The predicted molar refractivity (Wildman–Crippen MR) is 83.8 cm³/mol. The number of carbonyl (C=O) groups excluding carboxylic acids is 1. The fraction of sp³-hybridized carbons (Fsp3) is 0.294. The van der Waals surface area contributed by atoms with Crippen LogP contribution in [0.15, 0.2) is 49.6 Å². The van der Waals surface area contributed by atoms with Crippen molar-refractivity contribution in [2.75, 3.05) is 6.54 Å². The molecule has 0 N–H and O–H groups in total. The summed E-state index contributed by atoms with van der Waals surface area (Å²) in [6.07, 6.45) is 6.77. The first-order valence-electron chi connectivity index (χ1n) is 7.03. The molecule has 1 amide bonds. The Labute approximate surface area is 125 Å². The lowest BCUT2D eigenvalue weighted by Crippen LogP contribution is -2.32. The zero-order valence-corrected chi connectivity index (χ0v) is 12.6. The van der Waals surface area contributed by atoms with Crippen LogP contribution in [0.25, 0.3) is 0 Å². The summed E-state index contributed by atoms with van der Waals surface area (Å²) < 4.78 is 1.96. The topological polar surface area (TPSA) is 38.1 Å². The lowest BCUT2D eigenvalue weighted by molar-refractivity contribution is -0.126. The number of nitrogens with zero attached hydrogens (tertiary/aromatic N) is 3. The van der Waals surface area contributed by atoms with Gasteiger partial charge in [0.2, 0.25) is 5.91 Å². The van der Waals surface area contributed by atoms with Gasteiger partial charge in [0.15, 0.2) is 0 Å². The van der Waals surface area contributed by atoms with Gasteiger partial charge < -0.3 is 9.47 Å². The maximum absolute atomic E-state index is 12.0. The van der Waals surface area contributed by atoms with Crippen LogP contribution in [0.4, 0.5) is 0 Å². The lowest BCUT2D eigenvalue weighted by Gasteiger charge is -2.22. The molecule has 110 valence electrons. The number of amides is 1. The van der Waals surface area contributed by atoms with Crippen LogP contribution in [0.2, 0.25) is 0 Å². The summed E-state index contributed by atoms with van der Waals surface area (Å²) in [5.41, 5.74) is 3.61. The van der Waals surface area contributed by atoms with Gasteiger partial charge in [-0.05, 0) is 31.1 Å². The summed E-state index contributed by atoms with van der Waals surface area (Å²) in [6.45, 7) is 9.71. The van der Waals surface area contributed by atoms with Crippen molar-refractivity contribution < 1.29 is 4.79 Å². The van der Waals surface area contributed by atoms with Crippen molar-refractivity contribution in [3.8, 4) is 0 Å². The summed E-state index contributed by atoms with van der Waals surface area (Å²) in [5.74, 6) is -0.0462. The number of aromatic nitrogens is 2. The second-order valence-corrected chi connectivity index (χ2v) is 5.19. The van der Waals surface area contributed by atoms with Gasteiger partial charge in [-0.2, -0.15) is 0 Å². The second kappa shape index (κ2) is 6.88. The Bertz CT molecular complexity index is 617. The van der Waals surface area contributed by atoms with Crippen LogP contribution in [-0.4, -0.2) is 26.9 Å². The van der Waals surface area contributed by atoms with E-state index in [9.17, 15) is 4.79 Å². The van der Waals surface area contributed by atoms with Gasteiger partial charge in [-0.15, -0.1) is 0 Å². The first-order chi connectivity index (χ1) is 10.1. The number of hydrogen-bond acceptors (Lipinski definition) is 2. The van der Waals surface area contributed by atoms with E-state index in [0.29, 0.717) is 13.1 Å². The molecule has 0 aliphatic rings. The number of carbonyl (C=O) groups is 1. The highest BCUT2D eigenvalue weighted by molar-refractivity contribution is 5.86. The molecule has 1 heterocycles. The molecule has 0 atom stereocenters. The van der Waals surface area contributed by atoms with Gasteiger partial charge in [-0.1, -0.05) is 30.3 Å². The maximum atomic E-state index is 12.0. The summed E-state index contributed by atoms with van der Waals surface area (Å²) >= 11 is 0. The Morgan fingerprint density at radius 2 is 2.24 bits per heavy atom. The van der Waals surface area contributed by atoms with E-state index in [1.807, 2.05) is 15.7 Å². The number of hydrogen-bond donors (Lipinski definition) is 0. The van der Waals surface area contributed by atoms with Crippen molar-refractivity contribution in [1.82, 2.24) is 14.5 Å². The van der Waals surface area contributed by atoms with Crippen LogP contribution in [0.1, 0.15) is 16.7 Å². The molecule has 4 heteroatoms. The van der Waals surface area contributed by atoms with Crippen molar-refractivity contribution in [2.45, 2.75) is 26.9 Å². The first-order valence-corrected chi connectivity index (χ1v) is 7.03. The molecular weight excluding hydrogens is 262 g/mol. The molecule has 1 aromatic carbocycles. The summed E-state index contributed by atoms with van der Waals surface area (Å²) in [6, 6.07) is 6.31. The van der Waals surface area contributed by atoms with Gasteiger partial charge >= 0.3 is 0 Å². The third-order valence-electron chi connectivity index (χ3n) is 3.53. The van der Waals surface area contributed by atoms with E-state index >= 15 is 0 Å². The molecule has 0 saturated carbocycles. The van der Waals surface area contributed by atoms with Crippen LogP contribution in [-0.2, 0) is 17.9 Å². The second-order valence-electron chi connectivity index (χ2n) is 5.19. The van der Waals surface area contributed by atoms with Gasteiger partial charge in [0, 0.05) is 32.0 Å². The number of imidazole rings is 1. The molecule has 2 rings (SSSR count). The SMILES string of the molecule is C=CC(=O)N(CCn1ccnc1)Cc1ccc(C)cc1C. The molecule has 0 fully saturated rings. The molecule has 0 saturated heterocycles. The van der Waals surface area contributed by atoms with Crippen molar-refractivity contribution in [1.29, 1.82) is 0 Å². The van der Waals surface area contributed by atoms with Crippen LogP contribution >= 0.6 is 0 Å². The predicted octanol–water partition coefficient (Wildman–Crippen LogP) is 2.71. The average molecular weight is 283 g/mol. The molecule has 0 unspecified atom stereocenters. The molecule has 4 nitrogen and oxygen atoms in total. The number of aryl methyl sites for hydroxylation is 2. The summed E-state index contributed by atoms with van der Waals surface area (Å²) in [5, 5.41) is 0. The zero-order valence-electron chi connectivity index (χ0n) is 12.6. The van der Waals surface area contributed by atoms with Gasteiger partial charge in [-0.3, -0.25) is 4.79 Å². The molecular formula is C17H21N3O. The van der Waals surface area contributed by atoms with Crippen LogP contribution < -0.4 is 0 Å². The Morgan fingerprint density at radius 3 is 2.86 bits per heavy atom. The maximum Gasteiger partial charge on any atom is 0.246 e. The highest BCUT2D eigenvalue weighted by Crippen LogP contribution is 2.13. The molecule has 2 aromatic rings. The van der Waals surface area contributed by atoms with Gasteiger partial charge in [0.25, 0.3) is 0 Å². The Morgan fingerprint density at radius 1 is 1.43 bits per heavy atom. The largest absolute Gasteiger partial charge is 0.336 e. The summed E-state index contributed by atoms with van der Waals surface area (Å²) in [4.78, 5) is 17.9. The molecule has 21 heavy (non-hydrogen) atoms. The molecule has 1 aromatic heterocycles. The van der Waals surface area contributed by atoms with Crippen LogP contribution in [0, 0.1) is 13.8 Å². The van der Waals surface area contributed by atoms with Crippen molar-refractivity contribution in [3.63, 3.8) is 0 Å². The minimum atomic E-state index is -0.0462. The highest BCUT2D eigenvalue weighted by Gasteiger charge is 2.12. The monoisotopic (exact) mass is 283 g/mol. The van der Waals surface area contributed by atoms with E-state index < -0.39 is 0 Å². The molecule has 0 bridgehead atoms. The Kier molecular flexibility index (Phi) is 4.93. The van der Waals surface area contributed by atoms with Gasteiger partial charge in [0.05, 0.1) is 6.33 Å². The van der Waals surface area contributed by atoms with Crippen LogP contribution in [0.3, 0.4) is 0 Å². The summed E-state index contributed by atoms with van der Waals surface area (Å²) in [7, 11) is 0. The fourth-order valence-corrected chi connectivity index (χ4v) is 2.28. The first kappa shape index (κ1) is 15.0. The minimum absolute atomic E-state index is 0.0462. The van der Waals surface area contributed by atoms with Gasteiger partial charge in [-0.25, -0.2) is 4.98 Å². The zero-order chi connectivity index (χ0) is 15.2. The lowest BCUT2D eigenvalue weighted by atomic mass is 10.1. The van der Waals surface area contributed by atoms with Gasteiger partial charge in [0.1, 0.15) is 0 Å². The van der Waals surface area contributed by atoms with E-state index in [2.05, 4.69) is 43.6 Å². The minimum Gasteiger partial charge on any atom is -0.336 e. The Hall–Kier alpha value is -2.36. The van der Waals surface area contributed by atoms with E-state index in [1.165, 1.54) is 22.8 Å². The van der Waals surface area contributed by atoms with Crippen LogP contribution in [0.5, 0.6) is 0 Å². The van der Waals surface area contributed by atoms with E-state index in [1.54, 1.807) is 12.5 Å². The third-order valence-corrected chi connectivity index (χ3v) is 3.53.